The molecule has 0 bridgehead atoms. The van der Waals surface area contributed by atoms with Crippen molar-refractivity contribution in [2.24, 2.45) is 10.8 Å². The van der Waals surface area contributed by atoms with Crippen LogP contribution in [0.15, 0.2) is 0 Å². The Morgan fingerprint density at radius 1 is 1.31 bits per heavy atom. The van der Waals surface area contributed by atoms with Crippen LogP contribution in [-0.2, 0) is 4.79 Å². The van der Waals surface area contributed by atoms with Gasteiger partial charge in [0.25, 0.3) is 0 Å². The van der Waals surface area contributed by atoms with Crippen LogP contribution in [0.5, 0.6) is 0 Å². The molecule has 3 nitrogen and oxygen atoms in total. The van der Waals surface area contributed by atoms with Crippen LogP contribution < -0.4 is 0 Å². The predicted molar refractivity (Wildman–Crippen MR) is 49.4 cm³/mol. The minimum atomic E-state index is -0.935. The molecule has 0 spiro atoms. The monoisotopic (exact) mass is 186 g/mol. The van der Waals surface area contributed by atoms with Gasteiger partial charge in [0.15, 0.2) is 0 Å². The highest BCUT2D eigenvalue weighted by atomic mass is 16.4. The zero-order chi connectivity index (χ0) is 10.3. The number of carboxylic acids is 1. The molecule has 1 rings (SSSR count). The highest BCUT2D eigenvalue weighted by molar-refractivity contribution is 5.75. The van der Waals surface area contributed by atoms with E-state index < -0.39 is 17.5 Å². The average molecular weight is 186 g/mol. The summed E-state index contributed by atoms with van der Waals surface area (Å²) in [5, 5.41) is 18.7. The molecule has 3 heteroatoms. The van der Waals surface area contributed by atoms with Gasteiger partial charge in [-0.1, -0.05) is 13.8 Å². The van der Waals surface area contributed by atoms with Crippen LogP contribution >= 0.6 is 0 Å². The van der Waals surface area contributed by atoms with Gasteiger partial charge < -0.3 is 10.2 Å². The van der Waals surface area contributed by atoms with Gasteiger partial charge in [-0.15, -0.1) is 0 Å². The normalized spacial score (nSPS) is 38.6. The summed E-state index contributed by atoms with van der Waals surface area (Å²) in [5.74, 6) is -0.879. The van der Waals surface area contributed by atoms with Gasteiger partial charge in [0, 0.05) is 0 Å². The van der Waals surface area contributed by atoms with E-state index >= 15 is 0 Å². The number of aliphatic carboxylic acids is 1. The number of carboxylic acid groups (broad SMARTS) is 1. The first-order valence-electron chi connectivity index (χ1n) is 4.69. The molecule has 0 aromatic heterocycles. The van der Waals surface area contributed by atoms with Crippen LogP contribution in [0.25, 0.3) is 0 Å². The molecule has 2 N–H and O–H groups in total. The van der Waals surface area contributed by atoms with Crippen molar-refractivity contribution >= 4 is 5.97 Å². The largest absolute Gasteiger partial charge is 0.481 e. The number of hydrogen-bond donors (Lipinski definition) is 2. The van der Waals surface area contributed by atoms with Crippen molar-refractivity contribution in [3.05, 3.63) is 0 Å². The van der Waals surface area contributed by atoms with Gasteiger partial charge in [0.2, 0.25) is 0 Å². The molecule has 0 saturated heterocycles. The topological polar surface area (TPSA) is 57.5 Å². The first-order chi connectivity index (χ1) is 5.78. The number of hydrogen-bond acceptors (Lipinski definition) is 2. The van der Waals surface area contributed by atoms with Crippen LogP contribution in [0.4, 0.5) is 0 Å². The van der Waals surface area contributed by atoms with E-state index in [1.165, 1.54) is 0 Å². The second-order valence-corrected chi connectivity index (χ2v) is 5.11. The van der Waals surface area contributed by atoms with E-state index in [0.717, 1.165) is 6.42 Å². The van der Waals surface area contributed by atoms with E-state index in [1.54, 1.807) is 6.92 Å². The fourth-order valence-electron chi connectivity index (χ4n) is 1.86. The maximum atomic E-state index is 10.9. The maximum absolute atomic E-state index is 10.9. The lowest BCUT2D eigenvalue weighted by Gasteiger charge is -2.42. The Kier molecular flexibility index (Phi) is 2.41. The number of rotatable bonds is 1. The molecular weight excluding hydrogens is 168 g/mol. The van der Waals surface area contributed by atoms with Crippen LogP contribution in [-0.4, -0.2) is 22.3 Å². The molecule has 0 heterocycles. The molecule has 0 radical (unpaired) electrons. The Labute approximate surface area is 78.8 Å². The molecule has 0 aromatic rings. The molecule has 2 atom stereocenters. The lowest BCUT2D eigenvalue weighted by molar-refractivity contribution is -0.161. The number of aliphatic hydroxyl groups excluding tert-OH is 1. The van der Waals surface area contributed by atoms with Crippen LogP contribution in [0.1, 0.15) is 40.0 Å². The maximum Gasteiger partial charge on any atom is 0.311 e. The van der Waals surface area contributed by atoms with E-state index in [0.29, 0.717) is 12.8 Å². The van der Waals surface area contributed by atoms with E-state index in [1.807, 2.05) is 0 Å². The number of carbonyl (C=O) groups is 1. The van der Waals surface area contributed by atoms with Gasteiger partial charge >= 0.3 is 5.97 Å². The molecule has 13 heavy (non-hydrogen) atoms. The summed E-state index contributed by atoms with van der Waals surface area (Å²) in [6.07, 6.45) is 1.30. The zero-order valence-electron chi connectivity index (χ0n) is 8.50. The zero-order valence-corrected chi connectivity index (χ0v) is 8.50. The van der Waals surface area contributed by atoms with Crippen molar-refractivity contribution in [2.45, 2.75) is 46.1 Å². The molecule has 1 fully saturated rings. The quantitative estimate of drug-likeness (QED) is 0.654. The predicted octanol–water partition coefficient (Wildman–Crippen LogP) is 1.65. The third-order valence-corrected chi connectivity index (χ3v) is 3.29. The Hall–Kier alpha value is -0.570. The van der Waals surface area contributed by atoms with Gasteiger partial charge in [-0.2, -0.15) is 0 Å². The Morgan fingerprint density at radius 3 is 2.23 bits per heavy atom. The second-order valence-electron chi connectivity index (χ2n) is 5.11. The van der Waals surface area contributed by atoms with E-state index in [-0.39, 0.29) is 5.41 Å². The Balaban J connectivity index is 2.79. The van der Waals surface area contributed by atoms with Gasteiger partial charge in [0.05, 0.1) is 11.5 Å². The minimum absolute atomic E-state index is 0.0778. The Morgan fingerprint density at radius 2 is 1.85 bits per heavy atom. The molecule has 2 unspecified atom stereocenters. The van der Waals surface area contributed by atoms with Crippen molar-refractivity contribution < 1.29 is 15.0 Å². The molecule has 0 aromatic carbocycles. The Bertz CT molecular complexity index is 222. The van der Waals surface area contributed by atoms with Crippen molar-refractivity contribution in [1.29, 1.82) is 0 Å². The van der Waals surface area contributed by atoms with Gasteiger partial charge in [0.1, 0.15) is 0 Å². The molecular formula is C10H18O3. The lowest BCUT2D eigenvalue weighted by Crippen LogP contribution is -2.46. The van der Waals surface area contributed by atoms with Crippen LogP contribution in [0.2, 0.25) is 0 Å². The van der Waals surface area contributed by atoms with Gasteiger partial charge in [-0.05, 0) is 31.6 Å². The first-order valence-corrected chi connectivity index (χ1v) is 4.69. The molecule has 1 aliphatic carbocycles. The third kappa shape index (κ3) is 1.85. The summed E-state index contributed by atoms with van der Waals surface area (Å²) in [5.41, 5.74) is -0.857. The summed E-state index contributed by atoms with van der Waals surface area (Å²) in [6.45, 7) is 5.77. The van der Waals surface area contributed by atoms with Crippen molar-refractivity contribution in [3.8, 4) is 0 Å². The van der Waals surface area contributed by atoms with Crippen LogP contribution in [0.3, 0.4) is 0 Å². The summed E-state index contributed by atoms with van der Waals surface area (Å²) >= 11 is 0. The van der Waals surface area contributed by atoms with E-state index in [9.17, 15) is 9.90 Å². The smallest absolute Gasteiger partial charge is 0.311 e. The highest BCUT2D eigenvalue weighted by Crippen LogP contribution is 2.44. The summed E-state index contributed by atoms with van der Waals surface area (Å²) < 4.78 is 0. The van der Waals surface area contributed by atoms with Crippen molar-refractivity contribution in [2.75, 3.05) is 0 Å². The second kappa shape index (κ2) is 2.98. The van der Waals surface area contributed by atoms with Gasteiger partial charge in [-0.3, -0.25) is 4.79 Å². The fourth-order valence-corrected chi connectivity index (χ4v) is 1.86. The summed E-state index contributed by atoms with van der Waals surface area (Å²) in [6, 6.07) is 0. The fraction of sp³-hybridized carbons (Fsp3) is 0.900. The molecule has 76 valence electrons. The average Bonchev–Trinajstić information content (AvgIpc) is 1.96. The lowest BCUT2D eigenvalue weighted by atomic mass is 9.64. The van der Waals surface area contributed by atoms with E-state index in [2.05, 4.69) is 13.8 Å². The number of aliphatic hydroxyl groups is 1. The molecule has 1 saturated carbocycles. The van der Waals surface area contributed by atoms with Crippen molar-refractivity contribution in [3.63, 3.8) is 0 Å². The van der Waals surface area contributed by atoms with Crippen molar-refractivity contribution in [1.82, 2.24) is 0 Å². The summed E-state index contributed by atoms with van der Waals surface area (Å²) in [7, 11) is 0. The SMILES string of the molecule is CC1(C)CCC(C)(C(=O)O)C(O)C1. The standard InChI is InChI=1S/C10H18O3/c1-9(2)4-5-10(3,8(12)13)7(11)6-9/h7,11H,4-6H2,1-3H3,(H,12,13). The summed E-state index contributed by atoms with van der Waals surface area (Å²) in [4.78, 5) is 10.9. The molecule has 0 amide bonds. The van der Waals surface area contributed by atoms with Gasteiger partial charge in [-0.25, -0.2) is 0 Å². The van der Waals surface area contributed by atoms with Crippen LogP contribution in [0, 0.1) is 10.8 Å². The minimum Gasteiger partial charge on any atom is -0.481 e. The van der Waals surface area contributed by atoms with E-state index in [4.69, 9.17) is 5.11 Å². The molecule has 0 aliphatic heterocycles. The first kappa shape index (κ1) is 10.5. The highest BCUT2D eigenvalue weighted by Gasteiger charge is 2.47. The molecule has 1 aliphatic rings. The third-order valence-electron chi connectivity index (χ3n) is 3.29.